The van der Waals surface area contributed by atoms with Crippen molar-refractivity contribution in [1.82, 2.24) is 14.8 Å². The summed E-state index contributed by atoms with van der Waals surface area (Å²) >= 11 is 1.35. The summed E-state index contributed by atoms with van der Waals surface area (Å²) in [5.41, 5.74) is 1.62. The number of thioether (sulfide) groups is 1. The summed E-state index contributed by atoms with van der Waals surface area (Å²) in [6.45, 7) is 6.26. The Hall–Kier alpha value is -2.74. The molecule has 142 valence electrons. The highest BCUT2D eigenvalue weighted by Gasteiger charge is 2.20. The molecule has 0 fully saturated rings. The van der Waals surface area contributed by atoms with Gasteiger partial charge in [-0.3, -0.25) is 4.79 Å². The maximum atomic E-state index is 12.5. The van der Waals surface area contributed by atoms with Crippen molar-refractivity contribution in [3.05, 3.63) is 42.4 Å². The van der Waals surface area contributed by atoms with E-state index in [1.54, 1.807) is 6.26 Å². The van der Waals surface area contributed by atoms with E-state index in [1.807, 2.05) is 62.7 Å². The molecule has 2 heterocycles. The molecule has 7 nitrogen and oxygen atoms in total. The van der Waals surface area contributed by atoms with Crippen LogP contribution >= 0.6 is 11.8 Å². The van der Waals surface area contributed by atoms with E-state index >= 15 is 0 Å². The van der Waals surface area contributed by atoms with Crippen molar-refractivity contribution in [2.45, 2.75) is 31.2 Å². The van der Waals surface area contributed by atoms with Crippen LogP contribution in [0.15, 0.2) is 46.2 Å². The fourth-order valence-electron chi connectivity index (χ4n) is 2.53. The number of amides is 1. The molecule has 0 aliphatic carbocycles. The first-order chi connectivity index (χ1) is 13.0. The van der Waals surface area contributed by atoms with Gasteiger partial charge in [0.1, 0.15) is 11.5 Å². The van der Waals surface area contributed by atoms with Crippen LogP contribution in [0.5, 0.6) is 5.75 Å². The van der Waals surface area contributed by atoms with E-state index < -0.39 is 0 Å². The summed E-state index contributed by atoms with van der Waals surface area (Å²) in [6, 6.07) is 9.17. The summed E-state index contributed by atoms with van der Waals surface area (Å²) in [5.74, 6) is 2.17. The van der Waals surface area contributed by atoms with Gasteiger partial charge >= 0.3 is 0 Å². The molecule has 0 aliphatic rings. The SMILES string of the molecule is CCOc1ccc(NC(=O)[C@@H](C)Sc2nnc(-c3ccoc3C)n2C)cc1. The van der Waals surface area contributed by atoms with Crippen molar-refractivity contribution < 1.29 is 13.9 Å². The van der Waals surface area contributed by atoms with Gasteiger partial charge < -0.3 is 19.0 Å². The van der Waals surface area contributed by atoms with Gasteiger partial charge in [0.25, 0.3) is 0 Å². The molecule has 0 aliphatic heterocycles. The second-order valence-corrected chi connectivity index (χ2v) is 7.27. The first kappa shape index (κ1) is 19.0. The molecule has 2 aromatic heterocycles. The van der Waals surface area contributed by atoms with Gasteiger partial charge in [-0.2, -0.15) is 0 Å². The van der Waals surface area contributed by atoms with Crippen molar-refractivity contribution in [2.75, 3.05) is 11.9 Å². The third-order valence-electron chi connectivity index (χ3n) is 4.02. The summed E-state index contributed by atoms with van der Waals surface area (Å²) in [7, 11) is 1.88. The van der Waals surface area contributed by atoms with Gasteiger partial charge in [-0.15, -0.1) is 10.2 Å². The molecular formula is C19H22N4O3S. The predicted octanol–water partition coefficient (Wildman–Crippen LogP) is 3.90. The number of furan rings is 1. The van der Waals surface area contributed by atoms with Crippen LogP contribution in [0.1, 0.15) is 19.6 Å². The van der Waals surface area contributed by atoms with Crippen LogP contribution < -0.4 is 10.1 Å². The molecule has 1 atom stereocenters. The molecule has 8 heteroatoms. The van der Waals surface area contributed by atoms with Crippen LogP contribution in [0.25, 0.3) is 11.4 Å². The third kappa shape index (κ3) is 4.33. The van der Waals surface area contributed by atoms with E-state index in [9.17, 15) is 4.79 Å². The first-order valence-corrected chi connectivity index (χ1v) is 9.51. The minimum absolute atomic E-state index is 0.104. The monoisotopic (exact) mass is 386 g/mol. The van der Waals surface area contributed by atoms with Gasteiger partial charge in [0.15, 0.2) is 11.0 Å². The third-order valence-corrected chi connectivity index (χ3v) is 5.15. The number of rotatable bonds is 7. The van der Waals surface area contributed by atoms with Crippen LogP contribution in [0.4, 0.5) is 5.69 Å². The fourth-order valence-corrected chi connectivity index (χ4v) is 3.34. The Morgan fingerprint density at radius 1 is 1.30 bits per heavy atom. The Morgan fingerprint density at radius 3 is 2.67 bits per heavy atom. The summed E-state index contributed by atoms with van der Waals surface area (Å²) in [6.07, 6.45) is 1.62. The van der Waals surface area contributed by atoms with Crippen LogP contribution in [0.2, 0.25) is 0 Å². The van der Waals surface area contributed by atoms with E-state index in [-0.39, 0.29) is 11.2 Å². The van der Waals surface area contributed by atoms with E-state index in [0.717, 1.165) is 22.8 Å². The number of aryl methyl sites for hydroxylation is 1. The highest BCUT2D eigenvalue weighted by molar-refractivity contribution is 8.00. The number of ether oxygens (including phenoxy) is 1. The smallest absolute Gasteiger partial charge is 0.237 e. The number of hydrogen-bond donors (Lipinski definition) is 1. The second kappa shape index (κ2) is 8.30. The average molecular weight is 386 g/mol. The van der Waals surface area contributed by atoms with E-state index in [2.05, 4.69) is 15.5 Å². The fraction of sp³-hybridized carbons (Fsp3) is 0.316. The topological polar surface area (TPSA) is 82.2 Å². The molecular weight excluding hydrogens is 364 g/mol. The average Bonchev–Trinajstić information content (AvgIpc) is 3.22. The number of aromatic nitrogens is 3. The lowest BCUT2D eigenvalue weighted by molar-refractivity contribution is -0.115. The van der Waals surface area contributed by atoms with Gasteiger partial charge in [-0.1, -0.05) is 11.8 Å². The lowest BCUT2D eigenvalue weighted by atomic mass is 10.2. The van der Waals surface area contributed by atoms with Gasteiger partial charge in [0.2, 0.25) is 5.91 Å². The van der Waals surface area contributed by atoms with Crippen molar-refractivity contribution in [3.8, 4) is 17.1 Å². The Labute approximate surface area is 162 Å². The van der Waals surface area contributed by atoms with Crippen molar-refractivity contribution >= 4 is 23.4 Å². The zero-order chi connectivity index (χ0) is 19.4. The molecule has 0 unspecified atom stereocenters. The van der Waals surface area contributed by atoms with Crippen LogP contribution in [0, 0.1) is 6.92 Å². The predicted molar refractivity (Wildman–Crippen MR) is 105 cm³/mol. The van der Waals surface area contributed by atoms with Crippen molar-refractivity contribution in [2.24, 2.45) is 7.05 Å². The molecule has 1 aromatic carbocycles. The molecule has 0 saturated carbocycles. The van der Waals surface area contributed by atoms with Crippen LogP contribution in [0.3, 0.4) is 0 Å². The molecule has 1 N–H and O–H groups in total. The zero-order valence-corrected chi connectivity index (χ0v) is 16.5. The number of nitrogens with one attached hydrogen (secondary N) is 1. The number of benzene rings is 1. The minimum Gasteiger partial charge on any atom is -0.494 e. The van der Waals surface area contributed by atoms with Crippen LogP contribution in [-0.2, 0) is 11.8 Å². The lowest BCUT2D eigenvalue weighted by Gasteiger charge is -2.12. The molecule has 3 aromatic rings. The molecule has 0 bridgehead atoms. The van der Waals surface area contributed by atoms with Gasteiger partial charge in [-0.05, 0) is 51.1 Å². The minimum atomic E-state index is -0.335. The van der Waals surface area contributed by atoms with E-state index in [1.165, 1.54) is 11.8 Å². The van der Waals surface area contributed by atoms with Gasteiger partial charge in [0.05, 0.1) is 23.7 Å². The zero-order valence-electron chi connectivity index (χ0n) is 15.7. The normalized spacial score (nSPS) is 12.0. The Kier molecular flexibility index (Phi) is 5.85. The maximum absolute atomic E-state index is 12.5. The number of hydrogen-bond acceptors (Lipinski definition) is 6. The highest BCUT2D eigenvalue weighted by Crippen LogP contribution is 2.28. The molecule has 1 amide bonds. The Morgan fingerprint density at radius 2 is 2.04 bits per heavy atom. The molecule has 0 spiro atoms. The second-order valence-electron chi connectivity index (χ2n) is 5.96. The number of carbonyl (C=O) groups is 1. The van der Waals surface area contributed by atoms with Gasteiger partial charge in [-0.25, -0.2) is 0 Å². The van der Waals surface area contributed by atoms with Crippen molar-refractivity contribution in [1.29, 1.82) is 0 Å². The number of nitrogens with zero attached hydrogens (tertiary/aromatic N) is 3. The summed E-state index contributed by atoms with van der Waals surface area (Å²) in [5, 5.41) is 11.7. The van der Waals surface area contributed by atoms with Crippen molar-refractivity contribution in [3.63, 3.8) is 0 Å². The quantitative estimate of drug-likeness (QED) is 0.620. The van der Waals surface area contributed by atoms with E-state index in [4.69, 9.17) is 9.15 Å². The molecule has 0 saturated heterocycles. The van der Waals surface area contributed by atoms with Crippen LogP contribution in [-0.4, -0.2) is 32.5 Å². The number of anilines is 1. The lowest BCUT2D eigenvalue weighted by Crippen LogP contribution is -2.22. The molecule has 0 radical (unpaired) electrons. The maximum Gasteiger partial charge on any atom is 0.237 e. The summed E-state index contributed by atoms with van der Waals surface area (Å²) in [4.78, 5) is 12.5. The molecule has 27 heavy (non-hydrogen) atoms. The largest absolute Gasteiger partial charge is 0.494 e. The Balaban J connectivity index is 1.65. The number of carbonyl (C=O) groups excluding carboxylic acids is 1. The molecule has 3 rings (SSSR count). The standard InChI is InChI=1S/C19H22N4O3S/c1-5-25-15-8-6-14(7-9-15)20-18(24)13(3)27-19-22-21-17(23(19)4)16-10-11-26-12(16)2/h6-11,13H,5H2,1-4H3,(H,20,24)/t13-/m1/s1. The Bertz CT molecular complexity index is 917. The first-order valence-electron chi connectivity index (χ1n) is 8.63. The highest BCUT2D eigenvalue weighted by atomic mass is 32.2. The van der Waals surface area contributed by atoms with E-state index in [0.29, 0.717) is 17.6 Å². The van der Waals surface area contributed by atoms with Gasteiger partial charge in [0, 0.05) is 12.7 Å². The summed E-state index contributed by atoms with van der Waals surface area (Å²) < 4.78 is 12.6.